The van der Waals surface area contributed by atoms with Crippen molar-refractivity contribution in [3.8, 4) is 0 Å². The molecule has 1 aromatic rings. The molecule has 0 aliphatic rings. The molecule has 6 heteroatoms. The molecule has 0 aromatic carbocycles. The minimum absolute atomic E-state index is 0.193. The molecule has 1 heterocycles. The highest BCUT2D eigenvalue weighted by Gasteiger charge is 2.08. The van der Waals surface area contributed by atoms with Gasteiger partial charge in [-0.15, -0.1) is 11.3 Å². The summed E-state index contributed by atoms with van der Waals surface area (Å²) in [6, 6.07) is 0.193. The van der Waals surface area contributed by atoms with Gasteiger partial charge >= 0.3 is 0 Å². The number of nitrogens with one attached hydrogen (secondary N) is 1. The third-order valence-corrected chi connectivity index (χ3v) is 4.13. The van der Waals surface area contributed by atoms with Crippen molar-refractivity contribution in [2.45, 2.75) is 32.9 Å². The average Bonchev–Trinajstić information content (AvgIpc) is 2.57. The summed E-state index contributed by atoms with van der Waals surface area (Å²) >= 11 is 1.62. The Hall–Kier alpha value is -0.460. The Bertz CT molecular complexity index is 426. The van der Waals surface area contributed by atoms with E-state index in [2.05, 4.69) is 10.3 Å². The molecule has 92 valence electrons. The smallest absolute Gasteiger partial charge is 0.147 e. The number of aryl methyl sites for hydroxylation is 1. The summed E-state index contributed by atoms with van der Waals surface area (Å²) in [5.74, 6) is 0.234. The fourth-order valence-corrected chi connectivity index (χ4v) is 2.74. The second-order valence-electron chi connectivity index (χ2n) is 4.08. The van der Waals surface area contributed by atoms with Gasteiger partial charge < -0.3 is 5.32 Å². The van der Waals surface area contributed by atoms with Crippen molar-refractivity contribution in [1.82, 2.24) is 10.3 Å². The lowest BCUT2D eigenvalue weighted by Gasteiger charge is -2.11. The van der Waals surface area contributed by atoms with E-state index in [1.54, 1.807) is 11.3 Å². The molecule has 16 heavy (non-hydrogen) atoms. The van der Waals surface area contributed by atoms with Crippen LogP contribution in [0, 0.1) is 6.92 Å². The van der Waals surface area contributed by atoms with Crippen molar-refractivity contribution in [3.05, 3.63) is 16.1 Å². The second-order valence-corrected chi connectivity index (χ2v) is 7.29. The van der Waals surface area contributed by atoms with Gasteiger partial charge in [0, 0.05) is 29.9 Å². The molecule has 1 atom stereocenters. The van der Waals surface area contributed by atoms with E-state index in [4.69, 9.17) is 0 Å². The maximum Gasteiger partial charge on any atom is 0.147 e. The lowest BCUT2D eigenvalue weighted by molar-refractivity contribution is 0.526. The molecular weight excluding hydrogens is 244 g/mol. The summed E-state index contributed by atoms with van der Waals surface area (Å²) < 4.78 is 22.0. The van der Waals surface area contributed by atoms with Crippen LogP contribution in [0.5, 0.6) is 0 Å². The van der Waals surface area contributed by atoms with E-state index < -0.39 is 9.84 Å². The molecule has 1 aromatic heterocycles. The van der Waals surface area contributed by atoms with Gasteiger partial charge in [0.2, 0.25) is 0 Å². The van der Waals surface area contributed by atoms with Crippen LogP contribution in [0.3, 0.4) is 0 Å². The van der Waals surface area contributed by atoms with E-state index in [1.165, 1.54) is 6.26 Å². The Balaban J connectivity index is 2.28. The van der Waals surface area contributed by atoms with Crippen LogP contribution in [-0.2, 0) is 16.4 Å². The van der Waals surface area contributed by atoms with Gasteiger partial charge in [-0.3, -0.25) is 0 Å². The summed E-state index contributed by atoms with van der Waals surface area (Å²) in [6.07, 6.45) is 1.91. The van der Waals surface area contributed by atoms with Gasteiger partial charge in [0.25, 0.3) is 0 Å². The van der Waals surface area contributed by atoms with Crippen LogP contribution >= 0.6 is 11.3 Å². The Morgan fingerprint density at radius 2 is 2.25 bits per heavy atom. The molecule has 0 amide bonds. The van der Waals surface area contributed by atoms with Crippen molar-refractivity contribution in [2.24, 2.45) is 0 Å². The van der Waals surface area contributed by atoms with Crippen LogP contribution in [0.25, 0.3) is 0 Å². The third-order valence-electron chi connectivity index (χ3n) is 2.19. The van der Waals surface area contributed by atoms with Crippen LogP contribution in [0.1, 0.15) is 24.0 Å². The lowest BCUT2D eigenvalue weighted by Crippen LogP contribution is -2.27. The molecule has 0 aliphatic carbocycles. The van der Waals surface area contributed by atoms with Crippen LogP contribution in [-0.4, -0.2) is 31.5 Å². The third kappa shape index (κ3) is 5.58. The highest BCUT2D eigenvalue weighted by molar-refractivity contribution is 7.90. The largest absolute Gasteiger partial charge is 0.308 e. The number of sulfone groups is 1. The van der Waals surface area contributed by atoms with Crippen molar-refractivity contribution in [3.63, 3.8) is 0 Å². The molecule has 0 spiro atoms. The maximum atomic E-state index is 11.0. The zero-order valence-corrected chi connectivity index (χ0v) is 11.5. The van der Waals surface area contributed by atoms with Gasteiger partial charge in [0.1, 0.15) is 14.8 Å². The SMILES string of the molecule is Cc1csc(CNC(C)CCS(C)(=O)=O)n1. The van der Waals surface area contributed by atoms with Crippen molar-refractivity contribution < 1.29 is 8.42 Å². The van der Waals surface area contributed by atoms with Crippen LogP contribution in [0.2, 0.25) is 0 Å². The van der Waals surface area contributed by atoms with Gasteiger partial charge in [0.05, 0.1) is 5.75 Å². The summed E-state index contributed by atoms with van der Waals surface area (Å²) in [5, 5.41) is 6.33. The minimum Gasteiger partial charge on any atom is -0.308 e. The van der Waals surface area contributed by atoms with E-state index in [1.807, 2.05) is 19.2 Å². The fourth-order valence-electron chi connectivity index (χ4n) is 1.24. The van der Waals surface area contributed by atoms with Gasteiger partial charge in [-0.2, -0.15) is 0 Å². The lowest BCUT2D eigenvalue weighted by atomic mass is 10.2. The number of rotatable bonds is 6. The molecule has 1 N–H and O–H groups in total. The second kappa shape index (κ2) is 5.75. The molecule has 0 saturated heterocycles. The standard InChI is InChI=1S/C10H18N2O2S2/c1-8(4-5-16(3,13)14)11-6-10-12-9(2)7-15-10/h7-8,11H,4-6H2,1-3H3. The summed E-state index contributed by atoms with van der Waals surface area (Å²) in [4.78, 5) is 4.33. The minimum atomic E-state index is -2.85. The van der Waals surface area contributed by atoms with Gasteiger partial charge in [-0.1, -0.05) is 0 Å². The first-order valence-electron chi connectivity index (χ1n) is 5.19. The number of thiazole rings is 1. The topological polar surface area (TPSA) is 59.1 Å². The molecule has 4 nitrogen and oxygen atoms in total. The summed E-state index contributed by atoms with van der Waals surface area (Å²) in [5.41, 5.74) is 1.03. The predicted octanol–water partition coefficient (Wildman–Crippen LogP) is 1.36. The van der Waals surface area contributed by atoms with Gasteiger partial charge in [0.15, 0.2) is 0 Å². The molecule has 0 aliphatic heterocycles. The maximum absolute atomic E-state index is 11.0. The van der Waals surface area contributed by atoms with Crippen molar-refractivity contribution >= 4 is 21.2 Å². The molecule has 0 fully saturated rings. The number of hydrogen-bond acceptors (Lipinski definition) is 5. The van der Waals surface area contributed by atoms with Crippen molar-refractivity contribution in [2.75, 3.05) is 12.0 Å². The Kier molecular flexibility index (Phi) is 4.89. The highest BCUT2D eigenvalue weighted by Crippen LogP contribution is 2.08. The van der Waals surface area contributed by atoms with Crippen LogP contribution < -0.4 is 5.32 Å². The quantitative estimate of drug-likeness (QED) is 0.841. The Morgan fingerprint density at radius 3 is 2.75 bits per heavy atom. The van der Waals surface area contributed by atoms with E-state index in [-0.39, 0.29) is 11.8 Å². The predicted molar refractivity (Wildman–Crippen MR) is 67.5 cm³/mol. The highest BCUT2D eigenvalue weighted by atomic mass is 32.2. The molecule has 0 saturated carbocycles. The molecule has 0 bridgehead atoms. The van der Waals surface area contributed by atoms with Crippen LogP contribution in [0.15, 0.2) is 5.38 Å². The average molecular weight is 262 g/mol. The normalized spacial score (nSPS) is 13.9. The van der Waals surface area contributed by atoms with Gasteiger partial charge in [-0.05, 0) is 20.3 Å². The van der Waals surface area contributed by atoms with Crippen LogP contribution in [0.4, 0.5) is 0 Å². The Labute approximate surface area is 101 Å². The van der Waals surface area contributed by atoms with E-state index in [9.17, 15) is 8.42 Å². The first-order valence-corrected chi connectivity index (χ1v) is 8.13. The van der Waals surface area contributed by atoms with Gasteiger partial charge in [-0.25, -0.2) is 13.4 Å². The fraction of sp³-hybridized carbons (Fsp3) is 0.700. The number of hydrogen-bond donors (Lipinski definition) is 1. The molecular formula is C10H18N2O2S2. The summed E-state index contributed by atoms with van der Waals surface area (Å²) in [7, 11) is -2.85. The Morgan fingerprint density at radius 1 is 1.56 bits per heavy atom. The summed E-state index contributed by atoms with van der Waals surface area (Å²) in [6.45, 7) is 4.67. The first kappa shape index (κ1) is 13.6. The zero-order chi connectivity index (χ0) is 12.2. The number of aromatic nitrogens is 1. The molecule has 1 unspecified atom stereocenters. The first-order chi connectivity index (χ1) is 7.37. The van der Waals surface area contributed by atoms with Crippen molar-refractivity contribution in [1.29, 1.82) is 0 Å². The van der Waals surface area contributed by atoms with E-state index in [0.29, 0.717) is 13.0 Å². The zero-order valence-electron chi connectivity index (χ0n) is 9.86. The number of nitrogens with zero attached hydrogens (tertiary/aromatic N) is 1. The molecule has 0 radical (unpaired) electrons. The molecule has 1 rings (SSSR count). The van der Waals surface area contributed by atoms with E-state index in [0.717, 1.165) is 10.7 Å². The monoisotopic (exact) mass is 262 g/mol. The van der Waals surface area contributed by atoms with E-state index >= 15 is 0 Å².